The van der Waals surface area contributed by atoms with Gasteiger partial charge in [0.05, 0.1) is 18.5 Å². The zero-order valence-electron chi connectivity index (χ0n) is 17.3. The van der Waals surface area contributed by atoms with E-state index >= 15 is 0 Å². The molecule has 1 N–H and O–H groups in total. The number of methoxy groups -OCH3 is 1. The molecule has 0 aliphatic heterocycles. The third-order valence-corrected chi connectivity index (χ3v) is 4.63. The van der Waals surface area contributed by atoms with Crippen LogP contribution in [0, 0.1) is 0 Å². The Morgan fingerprint density at radius 3 is 2.28 bits per heavy atom. The average Bonchev–Trinajstić information content (AvgIpc) is 3.10. The lowest BCUT2D eigenvalue weighted by molar-refractivity contribution is 0.101. The molecular formula is C23H25N3O3. The molecule has 0 unspecified atom stereocenters. The predicted molar refractivity (Wildman–Crippen MR) is 113 cm³/mol. The molecule has 0 atom stereocenters. The number of aromatic nitrogens is 2. The first kappa shape index (κ1) is 20.3. The van der Waals surface area contributed by atoms with Gasteiger partial charge in [0.25, 0.3) is 5.91 Å². The molecule has 3 rings (SSSR count). The van der Waals surface area contributed by atoms with Crippen LogP contribution in [0.1, 0.15) is 52.9 Å². The zero-order chi connectivity index (χ0) is 21.2. The maximum Gasteiger partial charge on any atom is 0.274 e. The minimum atomic E-state index is -0.321. The van der Waals surface area contributed by atoms with E-state index in [9.17, 15) is 9.59 Å². The summed E-state index contributed by atoms with van der Waals surface area (Å²) in [5.74, 6) is 0.0265. The molecule has 2 aromatic carbocycles. The number of ketones is 1. The topological polar surface area (TPSA) is 73.2 Å². The van der Waals surface area contributed by atoms with Crippen LogP contribution in [0.3, 0.4) is 0 Å². The van der Waals surface area contributed by atoms with E-state index in [-0.39, 0.29) is 17.1 Å². The summed E-state index contributed by atoms with van der Waals surface area (Å²) in [6.45, 7) is 6.12. The molecule has 0 spiro atoms. The number of amides is 1. The Morgan fingerprint density at radius 2 is 1.69 bits per heavy atom. The zero-order valence-corrected chi connectivity index (χ0v) is 17.3. The fraction of sp³-hybridized carbons (Fsp3) is 0.261. The molecule has 1 heterocycles. The highest BCUT2D eigenvalue weighted by Gasteiger charge is 2.22. The van der Waals surface area contributed by atoms with Crippen molar-refractivity contribution in [3.8, 4) is 5.75 Å². The molecule has 0 saturated carbocycles. The van der Waals surface area contributed by atoms with E-state index in [1.165, 1.54) is 7.11 Å². The van der Waals surface area contributed by atoms with E-state index in [2.05, 4.69) is 10.4 Å². The number of anilines is 1. The van der Waals surface area contributed by atoms with Gasteiger partial charge in [-0.05, 0) is 24.3 Å². The van der Waals surface area contributed by atoms with Crippen LogP contribution in [0.2, 0.25) is 0 Å². The van der Waals surface area contributed by atoms with Crippen molar-refractivity contribution in [2.45, 2.75) is 26.2 Å². The van der Waals surface area contributed by atoms with Gasteiger partial charge in [0.2, 0.25) is 0 Å². The van der Waals surface area contributed by atoms with Gasteiger partial charge in [0.1, 0.15) is 11.4 Å². The number of hydrogen-bond acceptors (Lipinski definition) is 4. The van der Waals surface area contributed by atoms with Crippen LogP contribution in [0.15, 0.2) is 54.6 Å². The number of nitrogens with one attached hydrogen (secondary N) is 1. The molecule has 6 nitrogen and oxygen atoms in total. The highest BCUT2D eigenvalue weighted by atomic mass is 16.5. The molecule has 29 heavy (non-hydrogen) atoms. The Balaban J connectivity index is 1.91. The quantitative estimate of drug-likeness (QED) is 0.661. The lowest BCUT2D eigenvalue weighted by Crippen LogP contribution is -2.17. The normalized spacial score (nSPS) is 11.2. The fourth-order valence-corrected chi connectivity index (χ4v) is 2.94. The van der Waals surface area contributed by atoms with Crippen LogP contribution < -0.4 is 10.1 Å². The standard InChI is InChI=1S/C23H25N3O3/c1-23(2,3)20-14-18(26(4)25-20)22(28)24-17-13-16(11-12-19(17)29-5)21(27)15-9-7-6-8-10-15/h6-14H,1-5H3,(H,24,28). The van der Waals surface area contributed by atoms with Gasteiger partial charge in [-0.15, -0.1) is 0 Å². The Hall–Kier alpha value is -3.41. The van der Waals surface area contributed by atoms with Crippen molar-refractivity contribution in [3.63, 3.8) is 0 Å². The minimum Gasteiger partial charge on any atom is -0.495 e. The lowest BCUT2D eigenvalue weighted by Gasteiger charge is -2.13. The van der Waals surface area contributed by atoms with Gasteiger partial charge < -0.3 is 10.1 Å². The van der Waals surface area contributed by atoms with Crippen molar-refractivity contribution in [1.29, 1.82) is 0 Å². The number of hydrogen-bond donors (Lipinski definition) is 1. The first-order chi connectivity index (χ1) is 13.7. The Bertz CT molecular complexity index is 1050. The van der Waals surface area contributed by atoms with E-state index in [4.69, 9.17) is 4.74 Å². The second-order valence-corrected chi connectivity index (χ2v) is 7.85. The number of benzene rings is 2. The maximum absolute atomic E-state index is 12.9. The van der Waals surface area contributed by atoms with Gasteiger partial charge >= 0.3 is 0 Å². The number of ether oxygens (including phenoxy) is 1. The number of rotatable bonds is 5. The minimum absolute atomic E-state index is 0.126. The smallest absolute Gasteiger partial charge is 0.274 e. The van der Waals surface area contributed by atoms with E-state index in [0.29, 0.717) is 28.3 Å². The molecule has 150 valence electrons. The van der Waals surface area contributed by atoms with Crippen molar-refractivity contribution in [1.82, 2.24) is 9.78 Å². The largest absolute Gasteiger partial charge is 0.495 e. The summed E-state index contributed by atoms with van der Waals surface area (Å²) in [7, 11) is 3.25. The van der Waals surface area contributed by atoms with E-state index < -0.39 is 0 Å². The van der Waals surface area contributed by atoms with E-state index in [1.807, 2.05) is 39.0 Å². The molecule has 1 amide bonds. The molecular weight excluding hydrogens is 366 g/mol. The second kappa shape index (κ2) is 7.91. The summed E-state index contributed by atoms with van der Waals surface area (Å²) in [5, 5.41) is 7.30. The SMILES string of the molecule is COc1ccc(C(=O)c2ccccc2)cc1NC(=O)c1cc(C(C)(C)C)nn1C. The van der Waals surface area contributed by atoms with Gasteiger partial charge in [-0.1, -0.05) is 51.1 Å². The first-order valence-corrected chi connectivity index (χ1v) is 9.34. The number of aryl methyl sites for hydroxylation is 1. The number of carbonyl (C=O) groups is 2. The van der Waals surface area contributed by atoms with Gasteiger partial charge in [-0.3, -0.25) is 14.3 Å². The van der Waals surface area contributed by atoms with Crippen LogP contribution >= 0.6 is 0 Å². The van der Waals surface area contributed by atoms with Crippen LogP contribution in [0.4, 0.5) is 5.69 Å². The third kappa shape index (κ3) is 4.37. The van der Waals surface area contributed by atoms with E-state index in [1.54, 1.807) is 48.1 Å². The van der Waals surface area contributed by atoms with Crippen molar-refractivity contribution in [2.24, 2.45) is 7.05 Å². The summed E-state index contributed by atoms with van der Waals surface area (Å²) in [4.78, 5) is 25.6. The van der Waals surface area contributed by atoms with Crippen LogP contribution in [-0.2, 0) is 12.5 Å². The summed E-state index contributed by atoms with van der Waals surface area (Å²) in [6, 6.07) is 15.8. The molecule has 0 aliphatic carbocycles. The lowest BCUT2D eigenvalue weighted by atomic mass is 9.92. The van der Waals surface area contributed by atoms with Crippen molar-refractivity contribution < 1.29 is 14.3 Å². The first-order valence-electron chi connectivity index (χ1n) is 9.34. The monoisotopic (exact) mass is 391 g/mol. The molecule has 0 radical (unpaired) electrons. The molecule has 0 saturated heterocycles. The predicted octanol–water partition coefficient (Wildman–Crippen LogP) is 4.21. The Kier molecular flexibility index (Phi) is 5.55. The molecule has 0 fully saturated rings. The number of carbonyl (C=O) groups excluding carboxylic acids is 2. The van der Waals surface area contributed by atoms with Crippen LogP contribution in [-0.4, -0.2) is 28.6 Å². The average molecular weight is 391 g/mol. The Morgan fingerprint density at radius 1 is 1.00 bits per heavy atom. The molecule has 6 heteroatoms. The highest BCUT2D eigenvalue weighted by Crippen LogP contribution is 2.28. The summed E-state index contributed by atoms with van der Waals surface area (Å²) >= 11 is 0. The molecule has 0 bridgehead atoms. The fourth-order valence-electron chi connectivity index (χ4n) is 2.94. The summed E-state index contributed by atoms with van der Waals surface area (Å²) in [5.41, 5.74) is 2.56. The number of nitrogens with zero attached hydrogens (tertiary/aromatic N) is 2. The maximum atomic E-state index is 12.9. The second-order valence-electron chi connectivity index (χ2n) is 7.85. The molecule has 1 aromatic heterocycles. The van der Waals surface area contributed by atoms with Gasteiger partial charge in [0, 0.05) is 23.6 Å². The highest BCUT2D eigenvalue weighted by molar-refractivity contribution is 6.10. The summed E-state index contributed by atoms with van der Waals surface area (Å²) < 4.78 is 6.92. The van der Waals surface area contributed by atoms with Crippen molar-refractivity contribution >= 4 is 17.4 Å². The molecule has 3 aromatic rings. The Labute approximate surface area is 170 Å². The van der Waals surface area contributed by atoms with Crippen molar-refractivity contribution in [3.05, 3.63) is 77.1 Å². The van der Waals surface area contributed by atoms with E-state index in [0.717, 1.165) is 5.69 Å². The van der Waals surface area contributed by atoms with Gasteiger partial charge in [0.15, 0.2) is 5.78 Å². The van der Waals surface area contributed by atoms with Crippen molar-refractivity contribution in [2.75, 3.05) is 12.4 Å². The summed E-state index contributed by atoms with van der Waals surface area (Å²) in [6.07, 6.45) is 0. The van der Waals surface area contributed by atoms with Gasteiger partial charge in [-0.2, -0.15) is 5.10 Å². The third-order valence-electron chi connectivity index (χ3n) is 4.63. The van der Waals surface area contributed by atoms with Crippen LogP contribution in [0.5, 0.6) is 5.75 Å². The molecule has 0 aliphatic rings. The van der Waals surface area contributed by atoms with Gasteiger partial charge in [-0.25, -0.2) is 0 Å². The van der Waals surface area contributed by atoms with Crippen LogP contribution in [0.25, 0.3) is 0 Å².